The molecule has 1 unspecified atom stereocenters. The van der Waals surface area contributed by atoms with Crippen molar-refractivity contribution in [2.75, 3.05) is 6.61 Å². The Bertz CT molecular complexity index is 423. The normalized spacial score (nSPS) is 13.0. The van der Waals surface area contributed by atoms with E-state index in [1.807, 2.05) is 13.8 Å². The molecule has 0 aromatic carbocycles. The number of nitrogens with zero attached hydrogens (tertiary/aromatic N) is 2. The summed E-state index contributed by atoms with van der Waals surface area (Å²) in [6.07, 6.45) is 0. The largest absolute Gasteiger partial charge is 0.417 e. The molecule has 1 atom stereocenters. The van der Waals surface area contributed by atoms with Gasteiger partial charge in [0.15, 0.2) is 5.16 Å². The van der Waals surface area contributed by atoms with E-state index in [0.29, 0.717) is 0 Å². The Hall–Kier alpha value is -1.29. The highest BCUT2D eigenvalue weighted by atomic mass is 32.2. The first-order valence-corrected chi connectivity index (χ1v) is 6.76. The number of alkyl halides is 4. The third-order valence-electron chi connectivity index (χ3n) is 2.26. The third kappa shape index (κ3) is 6.34. The topological polar surface area (TPSA) is 64.5 Å². The van der Waals surface area contributed by atoms with Crippen molar-refractivity contribution < 1.29 is 32.1 Å². The monoisotopic (exact) mass is 330 g/mol. The highest BCUT2D eigenvalue weighted by Crippen LogP contribution is 2.29. The maximum absolute atomic E-state index is 12.2. The SMILES string of the molecule is CC(C)C(CO)Sc1nc(OC(F)F)cc(OC(F)F)n1. The molecule has 1 N–H and O–H groups in total. The number of hydrogen-bond donors (Lipinski definition) is 1. The molecule has 1 heterocycles. The average molecular weight is 330 g/mol. The molecule has 10 heteroatoms. The Labute approximate surface area is 122 Å². The maximum Gasteiger partial charge on any atom is 0.388 e. The molecule has 1 aromatic rings. The minimum Gasteiger partial charge on any atom is -0.417 e. The first-order valence-electron chi connectivity index (χ1n) is 5.88. The van der Waals surface area contributed by atoms with E-state index in [2.05, 4.69) is 19.4 Å². The van der Waals surface area contributed by atoms with Crippen molar-refractivity contribution in [3.8, 4) is 11.8 Å². The fourth-order valence-corrected chi connectivity index (χ4v) is 2.16. The van der Waals surface area contributed by atoms with Crippen LogP contribution >= 0.6 is 11.8 Å². The van der Waals surface area contributed by atoms with Gasteiger partial charge in [-0.05, 0) is 5.92 Å². The predicted octanol–water partition coefficient (Wildman–Crippen LogP) is 2.79. The minimum absolute atomic E-state index is 0.0303. The van der Waals surface area contributed by atoms with Crippen LogP contribution in [0, 0.1) is 5.92 Å². The van der Waals surface area contributed by atoms with E-state index in [1.165, 1.54) is 0 Å². The van der Waals surface area contributed by atoms with Crippen LogP contribution in [0.15, 0.2) is 11.2 Å². The maximum atomic E-state index is 12.2. The minimum atomic E-state index is -3.16. The predicted molar refractivity (Wildman–Crippen MR) is 66.9 cm³/mol. The Morgan fingerprint density at radius 1 is 1.10 bits per heavy atom. The summed E-state index contributed by atoms with van der Waals surface area (Å²) in [5.41, 5.74) is 0. The summed E-state index contributed by atoms with van der Waals surface area (Å²) in [7, 11) is 0. The zero-order valence-electron chi connectivity index (χ0n) is 11.2. The van der Waals surface area contributed by atoms with E-state index in [0.717, 1.165) is 17.8 Å². The van der Waals surface area contributed by atoms with Gasteiger partial charge in [0.2, 0.25) is 11.8 Å². The lowest BCUT2D eigenvalue weighted by Gasteiger charge is -2.17. The van der Waals surface area contributed by atoms with Gasteiger partial charge in [-0.3, -0.25) is 0 Å². The van der Waals surface area contributed by atoms with Crippen molar-refractivity contribution in [3.05, 3.63) is 6.07 Å². The van der Waals surface area contributed by atoms with Crippen molar-refractivity contribution in [1.29, 1.82) is 0 Å². The lowest BCUT2D eigenvalue weighted by atomic mass is 10.1. The van der Waals surface area contributed by atoms with Gasteiger partial charge >= 0.3 is 13.2 Å². The van der Waals surface area contributed by atoms with Gasteiger partial charge in [0.25, 0.3) is 0 Å². The molecule has 0 saturated carbocycles. The highest BCUT2D eigenvalue weighted by Gasteiger charge is 2.19. The van der Waals surface area contributed by atoms with E-state index >= 15 is 0 Å². The molecule has 21 heavy (non-hydrogen) atoms. The van der Waals surface area contributed by atoms with Gasteiger partial charge in [-0.2, -0.15) is 27.5 Å². The summed E-state index contributed by atoms with van der Waals surface area (Å²) >= 11 is 0.957. The second kappa shape index (κ2) is 8.23. The molecular weight excluding hydrogens is 316 g/mol. The van der Waals surface area contributed by atoms with E-state index in [9.17, 15) is 22.7 Å². The molecule has 1 rings (SSSR count). The molecule has 0 amide bonds. The first kappa shape index (κ1) is 17.8. The van der Waals surface area contributed by atoms with Crippen LogP contribution in [-0.2, 0) is 0 Å². The summed E-state index contributed by atoms with van der Waals surface area (Å²) in [4.78, 5) is 7.33. The molecule has 0 aliphatic carbocycles. The van der Waals surface area contributed by atoms with Gasteiger partial charge in [-0.15, -0.1) is 0 Å². The quantitative estimate of drug-likeness (QED) is 0.449. The Morgan fingerprint density at radius 2 is 1.57 bits per heavy atom. The standard InChI is InChI=1S/C11H14F4N2O3S/c1-5(2)6(4-18)21-11-16-7(19-9(12)13)3-8(17-11)20-10(14)15/h3,5-6,9-10,18H,4H2,1-2H3. The van der Waals surface area contributed by atoms with Crippen molar-refractivity contribution in [2.24, 2.45) is 5.92 Å². The molecule has 1 aromatic heterocycles. The number of aliphatic hydroxyl groups excluding tert-OH is 1. The zero-order chi connectivity index (χ0) is 16.0. The van der Waals surface area contributed by atoms with E-state index < -0.39 is 25.0 Å². The number of thioether (sulfide) groups is 1. The summed E-state index contributed by atoms with van der Waals surface area (Å²) in [5.74, 6) is -1.14. The highest BCUT2D eigenvalue weighted by molar-refractivity contribution is 7.99. The molecule has 5 nitrogen and oxygen atoms in total. The van der Waals surface area contributed by atoms with Crippen LogP contribution in [0.5, 0.6) is 11.8 Å². The number of aromatic nitrogens is 2. The van der Waals surface area contributed by atoms with Crippen LogP contribution in [0.1, 0.15) is 13.8 Å². The molecule has 0 aliphatic rings. The average Bonchev–Trinajstić information content (AvgIpc) is 2.33. The second-order valence-electron chi connectivity index (χ2n) is 4.17. The Balaban J connectivity index is 2.99. The Kier molecular flexibility index (Phi) is 6.96. The molecular formula is C11H14F4N2O3S. The zero-order valence-corrected chi connectivity index (χ0v) is 12.0. The van der Waals surface area contributed by atoms with Gasteiger partial charge in [-0.25, -0.2) is 0 Å². The van der Waals surface area contributed by atoms with E-state index in [4.69, 9.17) is 0 Å². The third-order valence-corrected chi connectivity index (χ3v) is 3.65. The fourth-order valence-electron chi connectivity index (χ4n) is 1.26. The van der Waals surface area contributed by atoms with Crippen LogP contribution in [0.2, 0.25) is 0 Å². The second-order valence-corrected chi connectivity index (χ2v) is 5.37. The fraction of sp³-hybridized carbons (Fsp3) is 0.636. The van der Waals surface area contributed by atoms with Crippen LogP contribution in [-0.4, -0.2) is 40.2 Å². The first-order chi connectivity index (χ1) is 9.81. The van der Waals surface area contributed by atoms with E-state index in [1.54, 1.807) is 0 Å². The number of rotatable bonds is 8. The van der Waals surface area contributed by atoms with Crippen LogP contribution in [0.25, 0.3) is 0 Å². The van der Waals surface area contributed by atoms with Gasteiger partial charge in [0.1, 0.15) is 0 Å². The van der Waals surface area contributed by atoms with Gasteiger partial charge in [-0.1, -0.05) is 25.6 Å². The van der Waals surface area contributed by atoms with Gasteiger partial charge in [0.05, 0.1) is 12.7 Å². The molecule has 0 spiro atoms. The van der Waals surface area contributed by atoms with Crippen molar-refractivity contribution in [3.63, 3.8) is 0 Å². The molecule has 0 aliphatic heterocycles. The number of halogens is 4. The molecule has 120 valence electrons. The summed E-state index contributed by atoms with van der Waals surface area (Å²) in [6, 6.07) is 0.742. The van der Waals surface area contributed by atoms with E-state index in [-0.39, 0.29) is 22.9 Å². The molecule has 0 fully saturated rings. The summed E-state index contributed by atoms with van der Waals surface area (Å²) < 4.78 is 56.9. The van der Waals surface area contributed by atoms with Crippen molar-refractivity contribution >= 4 is 11.8 Å². The number of hydrogen-bond acceptors (Lipinski definition) is 6. The molecule has 0 saturated heterocycles. The number of aliphatic hydroxyl groups is 1. The van der Waals surface area contributed by atoms with Crippen molar-refractivity contribution in [2.45, 2.75) is 37.5 Å². The van der Waals surface area contributed by atoms with Crippen LogP contribution < -0.4 is 9.47 Å². The van der Waals surface area contributed by atoms with Crippen molar-refractivity contribution in [1.82, 2.24) is 9.97 Å². The van der Waals surface area contributed by atoms with Crippen LogP contribution in [0.3, 0.4) is 0 Å². The lowest BCUT2D eigenvalue weighted by molar-refractivity contribution is -0.0589. The molecule has 0 radical (unpaired) electrons. The smallest absolute Gasteiger partial charge is 0.388 e. The summed E-state index contributed by atoms with van der Waals surface area (Å²) in [6.45, 7) is -2.88. The molecule has 0 bridgehead atoms. The summed E-state index contributed by atoms with van der Waals surface area (Å²) in [5, 5.41) is 8.78. The Morgan fingerprint density at radius 3 is 1.90 bits per heavy atom. The lowest BCUT2D eigenvalue weighted by Crippen LogP contribution is -2.17. The van der Waals surface area contributed by atoms with Gasteiger partial charge < -0.3 is 14.6 Å². The van der Waals surface area contributed by atoms with Gasteiger partial charge in [0, 0.05) is 5.25 Å². The number of ether oxygens (including phenoxy) is 2. The van der Waals surface area contributed by atoms with Crippen LogP contribution in [0.4, 0.5) is 17.6 Å².